The lowest BCUT2D eigenvalue weighted by molar-refractivity contribution is -0.144. The third kappa shape index (κ3) is 2.40. The lowest BCUT2D eigenvalue weighted by Crippen LogP contribution is -2.47. The summed E-state index contributed by atoms with van der Waals surface area (Å²) < 4.78 is 5.38. The highest BCUT2D eigenvalue weighted by atomic mass is 16.5. The van der Waals surface area contributed by atoms with Gasteiger partial charge in [-0.2, -0.15) is 0 Å². The van der Waals surface area contributed by atoms with Crippen LogP contribution in [0.15, 0.2) is 18.2 Å². The van der Waals surface area contributed by atoms with E-state index in [0.29, 0.717) is 11.5 Å². The molecule has 0 amide bonds. The summed E-state index contributed by atoms with van der Waals surface area (Å²) in [6.45, 7) is 4.21. The molecule has 20 heavy (non-hydrogen) atoms. The molecule has 2 rings (SSSR count). The van der Waals surface area contributed by atoms with Gasteiger partial charge in [0, 0.05) is 0 Å². The monoisotopic (exact) mass is 277 g/mol. The first kappa shape index (κ1) is 14.9. The summed E-state index contributed by atoms with van der Waals surface area (Å²) in [5, 5.41) is 9.55. The number of hydrogen-bond donors (Lipinski definition) is 2. The number of rotatable bonds is 6. The Kier molecular flexibility index (Phi) is 4.04. The largest absolute Gasteiger partial charge is 0.496 e. The quantitative estimate of drug-likeness (QED) is 0.838. The van der Waals surface area contributed by atoms with Crippen LogP contribution in [0.25, 0.3) is 0 Å². The average molecular weight is 277 g/mol. The zero-order valence-corrected chi connectivity index (χ0v) is 12.3. The average Bonchev–Trinajstić information content (AvgIpc) is 3.29. The summed E-state index contributed by atoms with van der Waals surface area (Å²) in [6, 6.07) is 5.54. The van der Waals surface area contributed by atoms with Crippen molar-refractivity contribution in [3.8, 4) is 5.75 Å². The molecular weight excluding hydrogens is 254 g/mol. The Bertz CT molecular complexity index is 510. The normalized spacial score (nSPS) is 19.2. The van der Waals surface area contributed by atoms with Gasteiger partial charge in [0.15, 0.2) is 0 Å². The molecule has 1 saturated carbocycles. The molecule has 0 aliphatic heterocycles. The van der Waals surface area contributed by atoms with Gasteiger partial charge in [0.25, 0.3) is 0 Å². The van der Waals surface area contributed by atoms with Gasteiger partial charge in [-0.1, -0.05) is 19.9 Å². The van der Waals surface area contributed by atoms with E-state index in [1.165, 1.54) is 0 Å². The zero-order chi connectivity index (χ0) is 14.9. The van der Waals surface area contributed by atoms with E-state index in [1.54, 1.807) is 13.2 Å². The first-order valence-electron chi connectivity index (χ1n) is 7.15. The fourth-order valence-corrected chi connectivity index (χ4v) is 2.67. The smallest absolute Gasteiger partial charge is 0.328 e. The molecule has 2 unspecified atom stereocenters. The summed E-state index contributed by atoms with van der Waals surface area (Å²) in [5.74, 6) is 0.201. The summed E-state index contributed by atoms with van der Waals surface area (Å²) in [7, 11) is 1.63. The second-order valence-corrected chi connectivity index (χ2v) is 5.71. The van der Waals surface area contributed by atoms with Crippen molar-refractivity contribution >= 4 is 5.97 Å². The Morgan fingerprint density at radius 1 is 1.55 bits per heavy atom. The summed E-state index contributed by atoms with van der Waals surface area (Å²) in [4.78, 5) is 11.7. The minimum atomic E-state index is -1.27. The Balaban J connectivity index is 2.49. The molecule has 2 atom stereocenters. The number of benzene rings is 1. The van der Waals surface area contributed by atoms with E-state index in [4.69, 9.17) is 10.5 Å². The molecule has 4 nitrogen and oxygen atoms in total. The SMILES string of the molecule is CCC(C)c1cc(C(N)(C(=O)O)C2CC2)ccc1OC. The highest BCUT2D eigenvalue weighted by Gasteiger charge is 2.49. The second-order valence-electron chi connectivity index (χ2n) is 5.71. The topological polar surface area (TPSA) is 72.6 Å². The van der Waals surface area contributed by atoms with Crippen molar-refractivity contribution in [3.05, 3.63) is 29.3 Å². The Labute approximate surface area is 119 Å². The van der Waals surface area contributed by atoms with Gasteiger partial charge in [0.2, 0.25) is 0 Å². The molecule has 1 fully saturated rings. The van der Waals surface area contributed by atoms with E-state index < -0.39 is 11.5 Å². The van der Waals surface area contributed by atoms with Gasteiger partial charge >= 0.3 is 5.97 Å². The van der Waals surface area contributed by atoms with Crippen molar-refractivity contribution in [2.75, 3.05) is 7.11 Å². The lowest BCUT2D eigenvalue weighted by Gasteiger charge is -2.27. The van der Waals surface area contributed by atoms with Gasteiger partial charge in [0.1, 0.15) is 11.3 Å². The first-order valence-corrected chi connectivity index (χ1v) is 7.15. The van der Waals surface area contributed by atoms with Crippen LogP contribution in [-0.4, -0.2) is 18.2 Å². The van der Waals surface area contributed by atoms with Crippen LogP contribution in [0.1, 0.15) is 50.2 Å². The number of carboxylic acid groups (broad SMARTS) is 1. The molecule has 0 saturated heterocycles. The predicted octanol–water partition coefficient (Wildman–Crippen LogP) is 2.86. The van der Waals surface area contributed by atoms with Gasteiger partial charge < -0.3 is 15.6 Å². The molecule has 0 bridgehead atoms. The van der Waals surface area contributed by atoms with Crippen molar-refractivity contribution in [3.63, 3.8) is 0 Å². The van der Waals surface area contributed by atoms with E-state index in [1.807, 2.05) is 12.1 Å². The fourth-order valence-electron chi connectivity index (χ4n) is 2.67. The maximum Gasteiger partial charge on any atom is 0.328 e. The first-order chi connectivity index (χ1) is 9.44. The maximum absolute atomic E-state index is 11.7. The number of hydrogen-bond acceptors (Lipinski definition) is 3. The number of nitrogens with two attached hydrogens (primary N) is 1. The van der Waals surface area contributed by atoms with Crippen LogP contribution in [0, 0.1) is 5.92 Å². The van der Waals surface area contributed by atoms with E-state index in [-0.39, 0.29) is 5.92 Å². The number of methoxy groups -OCH3 is 1. The van der Waals surface area contributed by atoms with E-state index >= 15 is 0 Å². The van der Waals surface area contributed by atoms with E-state index in [2.05, 4.69) is 13.8 Å². The van der Waals surface area contributed by atoms with Crippen molar-refractivity contribution in [2.24, 2.45) is 11.7 Å². The zero-order valence-electron chi connectivity index (χ0n) is 12.3. The number of carboxylic acids is 1. The fraction of sp³-hybridized carbons (Fsp3) is 0.562. The van der Waals surface area contributed by atoms with Crippen LogP contribution in [0.3, 0.4) is 0 Å². The third-order valence-corrected chi connectivity index (χ3v) is 4.43. The molecule has 4 heteroatoms. The molecule has 3 N–H and O–H groups in total. The van der Waals surface area contributed by atoms with Crippen LogP contribution in [-0.2, 0) is 10.3 Å². The summed E-state index contributed by atoms with van der Waals surface area (Å²) >= 11 is 0. The van der Waals surface area contributed by atoms with Crippen molar-refractivity contribution in [2.45, 2.75) is 44.6 Å². The van der Waals surface area contributed by atoms with Crippen molar-refractivity contribution in [1.82, 2.24) is 0 Å². The highest BCUT2D eigenvalue weighted by Crippen LogP contribution is 2.45. The number of aliphatic carboxylic acids is 1. The molecule has 110 valence electrons. The minimum absolute atomic E-state index is 0.0400. The molecule has 1 aliphatic rings. The van der Waals surface area contributed by atoms with E-state index in [9.17, 15) is 9.90 Å². The van der Waals surface area contributed by atoms with Gasteiger partial charge in [-0.25, -0.2) is 4.79 Å². The van der Waals surface area contributed by atoms with Crippen LogP contribution in [0.5, 0.6) is 5.75 Å². The van der Waals surface area contributed by atoms with Crippen LogP contribution in [0.2, 0.25) is 0 Å². The number of ether oxygens (including phenoxy) is 1. The van der Waals surface area contributed by atoms with Crippen LogP contribution >= 0.6 is 0 Å². The predicted molar refractivity (Wildman–Crippen MR) is 77.9 cm³/mol. The number of carbonyl (C=O) groups is 1. The summed E-state index contributed by atoms with van der Waals surface area (Å²) in [5.41, 5.74) is 6.68. The highest BCUT2D eigenvalue weighted by molar-refractivity contribution is 5.81. The molecule has 0 spiro atoms. The molecule has 1 aromatic rings. The van der Waals surface area contributed by atoms with Gasteiger partial charge in [-0.15, -0.1) is 0 Å². The van der Waals surface area contributed by atoms with Crippen molar-refractivity contribution in [1.29, 1.82) is 0 Å². The van der Waals surface area contributed by atoms with Crippen molar-refractivity contribution < 1.29 is 14.6 Å². The van der Waals surface area contributed by atoms with Gasteiger partial charge in [-0.3, -0.25) is 0 Å². The van der Waals surface area contributed by atoms with Crippen LogP contribution < -0.4 is 10.5 Å². The molecular formula is C16H23NO3. The third-order valence-electron chi connectivity index (χ3n) is 4.43. The summed E-state index contributed by atoms with van der Waals surface area (Å²) in [6.07, 6.45) is 2.73. The lowest BCUT2D eigenvalue weighted by atomic mass is 9.83. The van der Waals surface area contributed by atoms with Crippen LogP contribution in [0.4, 0.5) is 0 Å². The Morgan fingerprint density at radius 3 is 2.65 bits per heavy atom. The Hall–Kier alpha value is -1.55. The molecule has 1 aliphatic carbocycles. The Morgan fingerprint density at radius 2 is 2.20 bits per heavy atom. The molecule has 0 aromatic heterocycles. The maximum atomic E-state index is 11.7. The molecule has 1 aromatic carbocycles. The minimum Gasteiger partial charge on any atom is -0.496 e. The molecule has 0 heterocycles. The van der Waals surface area contributed by atoms with Gasteiger partial charge in [0.05, 0.1) is 7.11 Å². The van der Waals surface area contributed by atoms with Gasteiger partial charge in [-0.05, 0) is 54.4 Å². The second kappa shape index (κ2) is 5.44. The standard InChI is InChI=1S/C16H23NO3/c1-4-10(2)13-9-12(7-8-14(13)20-3)16(17,15(18)19)11-5-6-11/h7-11H,4-6,17H2,1-3H3,(H,18,19). The van der Waals surface area contributed by atoms with E-state index in [0.717, 1.165) is 30.6 Å². The molecule has 0 radical (unpaired) electrons.